The van der Waals surface area contributed by atoms with Crippen molar-refractivity contribution in [2.45, 2.75) is 6.43 Å². The Morgan fingerprint density at radius 2 is 2.17 bits per heavy atom. The molecule has 1 heterocycles. The van der Waals surface area contributed by atoms with Crippen LogP contribution in [0.3, 0.4) is 0 Å². The molecule has 0 amide bonds. The van der Waals surface area contributed by atoms with Crippen LogP contribution < -0.4 is 5.56 Å². The summed E-state index contributed by atoms with van der Waals surface area (Å²) in [6, 6.07) is 0.780. The van der Waals surface area contributed by atoms with Gasteiger partial charge in [-0.1, -0.05) is 11.6 Å². The van der Waals surface area contributed by atoms with Crippen molar-refractivity contribution in [3.8, 4) is 5.75 Å². The van der Waals surface area contributed by atoms with Gasteiger partial charge in [0.05, 0.1) is 0 Å². The van der Waals surface area contributed by atoms with Crippen LogP contribution in [0.1, 0.15) is 12.1 Å². The highest BCUT2D eigenvalue weighted by Gasteiger charge is 2.14. The molecule has 3 nitrogen and oxygen atoms in total. The van der Waals surface area contributed by atoms with E-state index in [9.17, 15) is 13.6 Å². The molecule has 6 heteroatoms. The summed E-state index contributed by atoms with van der Waals surface area (Å²) in [5, 5.41) is 8.53. The van der Waals surface area contributed by atoms with E-state index in [0.717, 1.165) is 6.07 Å². The van der Waals surface area contributed by atoms with Crippen LogP contribution in [0, 0.1) is 0 Å². The highest BCUT2D eigenvalue weighted by molar-refractivity contribution is 6.30. The van der Waals surface area contributed by atoms with Crippen molar-refractivity contribution >= 4 is 11.6 Å². The number of nitrogens with one attached hydrogen (secondary N) is 1. The van der Waals surface area contributed by atoms with Gasteiger partial charge in [-0.2, -0.15) is 0 Å². The average Bonchev–Trinajstić information content (AvgIpc) is 1.96. The minimum absolute atomic E-state index is 0.322. The quantitative estimate of drug-likeness (QED) is 0.716. The van der Waals surface area contributed by atoms with Gasteiger partial charge in [0.15, 0.2) is 0 Å². The first kappa shape index (κ1) is 8.99. The lowest BCUT2D eigenvalue weighted by molar-refractivity contribution is 0.141. The van der Waals surface area contributed by atoms with Gasteiger partial charge < -0.3 is 10.1 Å². The fourth-order valence-electron chi connectivity index (χ4n) is 0.676. The molecule has 0 aromatic carbocycles. The monoisotopic (exact) mass is 195 g/mol. The fourth-order valence-corrected chi connectivity index (χ4v) is 0.826. The Hall–Kier alpha value is -1.10. The number of hydrogen-bond donors (Lipinski definition) is 2. The van der Waals surface area contributed by atoms with Gasteiger partial charge in [-0.05, 0) is 0 Å². The Balaban J connectivity index is 3.33. The third-order valence-corrected chi connectivity index (χ3v) is 1.50. The van der Waals surface area contributed by atoms with Crippen LogP contribution >= 0.6 is 11.6 Å². The highest BCUT2D eigenvalue weighted by atomic mass is 35.5. The molecule has 1 aromatic rings. The summed E-state index contributed by atoms with van der Waals surface area (Å²) in [4.78, 5) is 12.4. The van der Waals surface area contributed by atoms with Gasteiger partial charge in [0.25, 0.3) is 12.0 Å². The number of pyridine rings is 1. The van der Waals surface area contributed by atoms with Gasteiger partial charge in [-0.3, -0.25) is 4.79 Å². The van der Waals surface area contributed by atoms with Crippen molar-refractivity contribution in [2.24, 2.45) is 0 Å². The van der Waals surface area contributed by atoms with Crippen LogP contribution in [-0.2, 0) is 0 Å². The predicted octanol–water partition coefficient (Wildman–Crippen LogP) is 1.67. The average molecular weight is 196 g/mol. The minimum Gasteiger partial charge on any atom is -0.506 e. The second kappa shape index (κ2) is 3.10. The van der Waals surface area contributed by atoms with E-state index in [4.69, 9.17) is 16.7 Å². The maximum Gasteiger partial charge on any atom is 0.281 e. The van der Waals surface area contributed by atoms with Crippen molar-refractivity contribution in [1.82, 2.24) is 4.98 Å². The lowest BCUT2D eigenvalue weighted by Gasteiger charge is -2.01. The number of rotatable bonds is 1. The molecular formula is C6H4ClF2NO2. The number of halogens is 3. The first-order chi connectivity index (χ1) is 5.52. The molecule has 66 valence electrons. The molecule has 1 aromatic heterocycles. The van der Waals surface area contributed by atoms with Crippen LogP contribution in [0.25, 0.3) is 0 Å². The van der Waals surface area contributed by atoms with Gasteiger partial charge in [0, 0.05) is 6.07 Å². The van der Waals surface area contributed by atoms with Gasteiger partial charge >= 0.3 is 0 Å². The summed E-state index contributed by atoms with van der Waals surface area (Å²) >= 11 is 5.24. The van der Waals surface area contributed by atoms with E-state index >= 15 is 0 Å². The molecule has 0 aliphatic carbocycles. The van der Waals surface area contributed by atoms with Crippen molar-refractivity contribution in [3.63, 3.8) is 0 Å². The Morgan fingerprint density at radius 3 is 2.67 bits per heavy atom. The SMILES string of the molecule is O=c1[nH]c(C(F)F)c(O)cc1Cl. The van der Waals surface area contributed by atoms with Gasteiger partial charge in [-0.25, -0.2) is 8.78 Å². The fraction of sp³-hybridized carbons (Fsp3) is 0.167. The normalized spacial score (nSPS) is 10.7. The topological polar surface area (TPSA) is 53.1 Å². The lowest BCUT2D eigenvalue weighted by Crippen LogP contribution is -2.09. The number of hydrogen-bond acceptors (Lipinski definition) is 2. The molecule has 0 saturated heterocycles. The number of aromatic amines is 1. The zero-order valence-corrected chi connectivity index (χ0v) is 6.40. The van der Waals surface area contributed by atoms with Gasteiger partial charge in [-0.15, -0.1) is 0 Å². The molecule has 12 heavy (non-hydrogen) atoms. The van der Waals surface area contributed by atoms with Crippen LogP contribution in [-0.4, -0.2) is 10.1 Å². The Bertz CT molecular complexity index is 350. The van der Waals surface area contributed by atoms with Crippen molar-refractivity contribution in [1.29, 1.82) is 0 Å². The molecular weight excluding hydrogens is 192 g/mol. The molecule has 0 unspecified atom stereocenters. The molecule has 0 radical (unpaired) electrons. The van der Waals surface area contributed by atoms with E-state index in [1.165, 1.54) is 0 Å². The molecule has 0 aliphatic heterocycles. The summed E-state index contributed by atoms with van der Waals surface area (Å²) in [6.45, 7) is 0. The first-order valence-electron chi connectivity index (χ1n) is 2.92. The number of H-pyrrole nitrogens is 1. The standard InChI is InChI=1S/C6H4ClF2NO2/c7-2-1-3(11)4(5(8)9)10-6(2)12/h1,5,11H,(H,10,12). The Labute approximate surface area is 70.6 Å². The van der Waals surface area contributed by atoms with E-state index in [0.29, 0.717) is 0 Å². The van der Waals surface area contributed by atoms with E-state index < -0.39 is 23.4 Å². The van der Waals surface area contributed by atoms with Crippen LogP contribution in [0.15, 0.2) is 10.9 Å². The second-order valence-corrected chi connectivity index (χ2v) is 2.45. The summed E-state index contributed by atoms with van der Waals surface area (Å²) in [5.41, 5.74) is -1.66. The third kappa shape index (κ3) is 1.55. The maximum atomic E-state index is 12.0. The Morgan fingerprint density at radius 1 is 1.58 bits per heavy atom. The zero-order valence-electron chi connectivity index (χ0n) is 5.64. The van der Waals surface area contributed by atoms with Gasteiger partial charge in [0.1, 0.15) is 16.5 Å². The lowest BCUT2D eigenvalue weighted by atomic mass is 10.3. The number of alkyl halides is 2. The molecule has 0 saturated carbocycles. The molecule has 2 N–H and O–H groups in total. The van der Waals surface area contributed by atoms with Crippen molar-refractivity contribution < 1.29 is 13.9 Å². The zero-order chi connectivity index (χ0) is 9.30. The largest absolute Gasteiger partial charge is 0.506 e. The van der Waals surface area contributed by atoms with Crippen LogP contribution in [0.5, 0.6) is 5.75 Å². The molecule has 0 spiro atoms. The first-order valence-corrected chi connectivity index (χ1v) is 3.30. The van der Waals surface area contributed by atoms with Crippen molar-refractivity contribution in [2.75, 3.05) is 0 Å². The smallest absolute Gasteiger partial charge is 0.281 e. The van der Waals surface area contributed by atoms with E-state index in [1.807, 2.05) is 0 Å². The maximum absolute atomic E-state index is 12.0. The summed E-state index contributed by atoms with van der Waals surface area (Å²) in [6.07, 6.45) is -2.92. The second-order valence-electron chi connectivity index (χ2n) is 2.05. The van der Waals surface area contributed by atoms with Crippen LogP contribution in [0.2, 0.25) is 5.02 Å². The van der Waals surface area contributed by atoms with Crippen molar-refractivity contribution in [3.05, 3.63) is 27.1 Å². The summed E-state index contributed by atoms with van der Waals surface area (Å²) in [5.74, 6) is -0.713. The summed E-state index contributed by atoms with van der Waals surface area (Å²) in [7, 11) is 0. The number of aromatic hydroxyl groups is 1. The van der Waals surface area contributed by atoms with Crippen LogP contribution in [0.4, 0.5) is 8.78 Å². The molecule has 0 atom stereocenters. The third-order valence-electron chi connectivity index (χ3n) is 1.22. The van der Waals surface area contributed by atoms with Gasteiger partial charge in [0.2, 0.25) is 0 Å². The molecule has 0 fully saturated rings. The minimum atomic E-state index is -2.92. The molecule has 0 aliphatic rings. The summed E-state index contributed by atoms with van der Waals surface area (Å²) < 4.78 is 23.9. The highest BCUT2D eigenvalue weighted by Crippen LogP contribution is 2.25. The number of aromatic nitrogens is 1. The molecule has 0 bridgehead atoms. The predicted molar refractivity (Wildman–Crippen MR) is 38.7 cm³/mol. The Kier molecular flexibility index (Phi) is 2.32. The van der Waals surface area contributed by atoms with E-state index in [1.54, 1.807) is 4.98 Å². The van der Waals surface area contributed by atoms with E-state index in [2.05, 4.69) is 0 Å². The molecule has 1 rings (SSSR count). The van der Waals surface area contributed by atoms with E-state index in [-0.39, 0.29) is 5.02 Å².